The van der Waals surface area contributed by atoms with Gasteiger partial charge in [-0.3, -0.25) is 14.2 Å². The van der Waals surface area contributed by atoms with Crippen LogP contribution in [0.4, 0.5) is 0 Å². The van der Waals surface area contributed by atoms with Crippen molar-refractivity contribution in [2.75, 3.05) is 6.61 Å². The Morgan fingerprint density at radius 3 is 2.58 bits per heavy atom. The molecule has 7 heteroatoms. The van der Waals surface area contributed by atoms with Crippen molar-refractivity contribution in [2.24, 2.45) is 0 Å². The highest BCUT2D eigenvalue weighted by Crippen LogP contribution is 2.23. The number of fused-ring (bicyclic) bond motifs is 2. The van der Waals surface area contributed by atoms with Gasteiger partial charge < -0.3 is 9.64 Å². The van der Waals surface area contributed by atoms with Crippen molar-refractivity contribution in [3.05, 3.63) is 39.9 Å². The summed E-state index contributed by atoms with van der Waals surface area (Å²) in [6, 6.07) is 5.15. The summed E-state index contributed by atoms with van der Waals surface area (Å²) in [6.07, 6.45) is 8.08. The molecule has 1 aromatic carbocycles. The lowest BCUT2D eigenvalue weighted by molar-refractivity contribution is -0.140. The van der Waals surface area contributed by atoms with Gasteiger partial charge in [0.05, 0.1) is 16.5 Å². The molecule has 2 aliphatic rings. The van der Waals surface area contributed by atoms with Crippen LogP contribution in [0, 0.1) is 0 Å². The van der Waals surface area contributed by atoms with Gasteiger partial charge in [0.15, 0.2) is 6.61 Å². The molecule has 0 saturated carbocycles. The number of hydrogen-bond donors (Lipinski definition) is 0. The van der Waals surface area contributed by atoms with E-state index >= 15 is 0 Å². The lowest BCUT2D eigenvalue weighted by Gasteiger charge is -2.38. The van der Waals surface area contributed by atoms with E-state index < -0.39 is 5.97 Å². The van der Waals surface area contributed by atoms with E-state index in [0.717, 1.165) is 57.2 Å². The lowest BCUT2D eigenvalue weighted by atomic mass is 9.97. The largest absolute Gasteiger partial charge is 0.452 e. The molecule has 0 radical (unpaired) electrons. The molecular formula is C24H31N3O4. The third kappa shape index (κ3) is 4.50. The van der Waals surface area contributed by atoms with Crippen molar-refractivity contribution in [1.29, 1.82) is 0 Å². The van der Waals surface area contributed by atoms with Crippen molar-refractivity contribution < 1.29 is 14.3 Å². The summed E-state index contributed by atoms with van der Waals surface area (Å²) >= 11 is 0. The molecule has 0 N–H and O–H groups in total. The molecule has 3 heterocycles. The van der Waals surface area contributed by atoms with Crippen molar-refractivity contribution in [2.45, 2.75) is 83.8 Å². The Morgan fingerprint density at radius 2 is 1.81 bits per heavy atom. The van der Waals surface area contributed by atoms with Crippen LogP contribution in [-0.2, 0) is 22.5 Å². The number of aromatic nitrogens is 2. The molecule has 0 spiro atoms. The Labute approximate surface area is 182 Å². The van der Waals surface area contributed by atoms with Gasteiger partial charge in [-0.25, -0.2) is 9.78 Å². The molecule has 166 valence electrons. The quantitative estimate of drug-likeness (QED) is 0.704. The highest BCUT2D eigenvalue weighted by molar-refractivity contribution is 5.95. The van der Waals surface area contributed by atoms with E-state index in [-0.39, 0.29) is 30.2 Å². The summed E-state index contributed by atoms with van der Waals surface area (Å²) in [5.41, 5.74) is 0.767. The van der Waals surface area contributed by atoms with E-state index in [2.05, 4.69) is 4.98 Å². The second-order valence-corrected chi connectivity index (χ2v) is 8.89. The van der Waals surface area contributed by atoms with E-state index in [9.17, 15) is 14.4 Å². The van der Waals surface area contributed by atoms with E-state index in [1.807, 2.05) is 18.7 Å². The number of hydrogen-bond acceptors (Lipinski definition) is 5. The molecule has 1 fully saturated rings. The second kappa shape index (κ2) is 9.20. The molecule has 1 amide bonds. The summed E-state index contributed by atoms with van der Waals surface area (Å²) in [4.78, 5) is 44.7. The average molecular weight is 426 g/mol. The third-order valence-corrected chi connectivity index (χ3v) is 6.61. The molecule has 1 aromatic heterocycles. The Morgan fingerprint density at radius 1 is 1.06 bits per heavy atom. The van der Waals surface area contributed by atoms with Crippen LogP contribution in [0.25, 0.3) is 10.9 Å². The van der Waals surface area contributed by atoms with Gasteiger partial charge in [0.2, 0.25) is 0 Å². The Hall–Kier alpha value is -2.70. The van der Waals surface area contributed by atoms with Crippen LogP contribution in [0.15, 0.2) is 23.0 Å². The van der Waals surface area contributed by atoms with Crippen LogP contribution in [0.2, 0.25) is 0 Å². The number of ether oxygens (including phenoxy) is 1. The molecule has 0 bridgehead atoms. The number of benzene rings is 1. The Kier molecular flexibility index (Phi) is 6.39. The zero-order chi connectivity index (χ0) is 22.0. The van der Waals surface area contributed by atoms with Gasteiger partial charge in [-0.15, -0.1) is 0 Å². The van der Waals surface area contributed by atoms with E-state index in [1.165, 1.54) is 0 Å². The van der Waals surface area contributed by atoms with Crippen molar-refractivity contribution >= 4 is 22.8 Å². The number of amides is 1. The smallest absolute Gasteiger partial charge is 0.338 e. The first kappa shape index (κ1) is 21.5. The van der Waals surface area contributed by atoms with Gasteiger partial charge in [-0.1, -0.05) is 12.8 Å². The highest BCUT2D eigenvalue weighted by Gasteiger charge is 2.29. The lowest BCUT2D eigenvalue weighted by Crippen LogP contribution is -2.49. The maximum absolute atomic E-state index is 12.9. The first-order valence-electron chi connectivity index (χ1n) is 11.5. The number of carbonyl (C=O) groups is 2. The highest BCUT2D eigenvalue weighted by atomic mass is 16.5. The molecule has 2 aliphatic heterocycles. The summed E-state index contributed by atoms with van der Waals surface area (Å²) in [5.74, 6) is 0.0544. The number of piperidine rings is 1. The van der Waals surface area contributed by atoms with Crippen LogP contribution < -0.4 is 5.56 Å². The fourth-order valence-corrected chi connectivity index (χ4v) is 4.92. The van der Waals surface area contributed by atoms with Gasteiger partial charge in [-0.05, 0) is 64.2 Å². The number of aryl methyl sites for hydroxylation is 1. The predicted octanol–water partition coefficient (Wildman–Crippen LogP) is 3.46. The molecule has 31 heavy (non-hydrogen) atoms. The predicted molar refractivity (Wildman–Crippen MR) is 118 cm³/mol. The normalized spacial score (nSPS) is 21.8. The van der Waals surface area contributed by atoms with E-state index in [1.54, 1.807) is 22.8 Å². The maximum Gasteiger partial charge on any atom is 0.338 e. The third-order valence-electron chi connectivity index (χ3n) is 6.61. The minimum absolute atomic E-state index is 0.0509. The van der Waals surface area contributed by atoms with Crippen molar-refractivity contribution in [1.82, 2.24) is 14.5 Å². The Balaban J connectivity index is 1.51. The first-order chi connectivity index (χ1) is 15.0. The molecule has 2 aromatic rings. The summed E-state index contributed by atoms with van der Waals surface area (Å²) < 4.78 is 7.10. The molecule has 4 rings (SSSR count). The summed E-state index contributed by atoms with van der Waals surface area (Å²) in [7, 11) is 0. The van der Waals surface area contributed by atoms with E-state index in [0.29, 0.717) is 23.0 Å². The number of rotatable bonds is 3. The molecule has 1 saturated heterocycles. The van der Waals surface area contributed by atoms with Gasteiger partial charge in [0, 0.05) is 25.0 Å². The summed E-state index contributed by atoms with van der Waals surface area (Å²) in [6.45, 7) is 4.49. The first-order valence-corrected chi connectivity index (χ1v) is 11.5. The number of esters is 1. The summed E-state index contributed by atoms with van der Waals surface area (Å²) in [5, 5.41) is 0.507. The minimum atomic E-state index is -0.568. The standard InChI is InChI=1S/C24H31N3O4/c1-16-8-7-9-17(2)27(16)22(28)15-31-24(30)18-11-12-19-20(14-18)25-21-10-5-3-4-6-13-26(21)23(19)29/h11-12,14,16-17H,3-10,13,15H2,1-2H3/t16-,17+. The van der Waals surface area contributed by atoms with Crippen LogP contribution in [0.5, 0.6) is 0 Å². The number of likely N-dealkylation sites (tertiary alicyclic amines) is 1. The van der Waals surface area contributed by atoms with Crippen LogP contribution in [0.3, 0.4) is 0 Å². The number of carbonyl (C=O) groups excluding carboxylic acids is 2. The fourth-order valence-electron chi connectivity index (χ4n) is 4.92. The van der Waals surface area contributed by atoms with Gasteiger partial charge >= 0.3 is 5.97 Å². The molecule has 2 atom stereocenters. The molecule has 7 nitrogen and oxygen atoms in total. The molecule has 0 unspecified atom stereocenters. The monoisotopic (exact) mass is 425 g/mol. The van der Waals surface area contributed by atoms with Crippen molar-refractivity contribution in [3.8, 4) is 0 Å². The average Bonchev–Trinajstić information content (AvgIpc) is 2.73. The van der Waals surface area contributed by atoms with Gasteiger partial charge in [0.1, 0.15) is 5.82 Å². The SMILES string of the molecule is C[C@@H]1CCC[C@H](C)N1C(=O)COC(=O)c1ccc2c(=O)n3c(nc2c1)CCCCCC3. The molecule has 0 aliphatic carbocycles. The van der Waals surface area contributed by atoms with Crippen LogP contribution in [0.1, 0.15) is 75.0 Å². The minimum Gasteiger partial charge on any atom is -0.452 e. The maximum atomic E-state index is 12.9. The van der Waals surface area contributed by atoms with Gasteiger partial charge in [0.25, 0.3) is 11.5 Å². The zero-order valence-corrected chi connectivity index (χ0v) is 18.4. The van der Waals surface area contributed by atoms with Crippen LogP contribution in [-0.4, -0.2) is 45.0 Å². The van der Waals surface area contributed by atoms with E-state index in [4.69, 9.17) is 4.74 Å². The second-order valence-electron chi connectivity index (χ2n) is 8.89. The fraction of sp³-hybridized carbons (Fsp3) is 0.583. The zero-order valence-electron chi connectivity index (χ0n) is 18.4. The van der Waals surface area contributed by atoms with Crippen LogP contribution >= 0.6 is 0 Å². The Bertz CT molecular complexity index is 1040. The van der Waals surface area contributed by atoms with Gasteiger partial charge in [-0.2, -0.15) is 0 Å². The van der Waals surface area contributed by atoms with Crippen molar-refractivity contribution in [3.63, 3.8) is 0 Å². The topological polar surface area (TPSA) is 81.5 Å². The molecular weight excluding hydrogens is 394 g/mol. The number of nitrogens with zero attached hydrogens (tertiary/aromatic N) is 3.